The van der Waals surface area contributed by atoms with Gasteiger partial charge in [-0.25, -0.2) is 0 Å². The zero-order chi connectivity index (χ0) is 13.1. The maximum atomic E-state index is 11.9. The summed E-state index contributed by atoms with van der Waals surface area (Å²) in [7, 11) is -1.14. The molecule has 1 N–H and O–H groups in total. The Balaban J connectivity index is 2.37. The molecule has 6 heteroatoms. The van der Waals surface area contributed by atoms with Gasteiger partial charge in [-0.05, 0) is 32.6 Å². The Hall–Kier alpha value is -0.380. The van der Waals surface area contributed by atoms with E-state index in [1.807, 2.05) is 6.92 Å². The monoisotopic (exact) mass is 263 g/mol. The molecule has 3 unspecified atom stereocenters. The smallest absolute Gasteiger partial charge is 0.323 e. The van der Waals surface area contributed by atoms with Crippen LogP contribution >= 0.6 is 7.29 Å². The molecule has 1 fully saturated rings. The van der Waals surface area contributed by atoms with E-state index in [9.17, 15) is 9.36 Å². The number of nitrogens with one attached hydrogen (secondary N) is 1. The molecule has 0 spiro atoms. The summed E-state index contributed by atoms with van der Waals surface area (Å²) in [4.78, 5) is 11.7. The van der Waals surface area contributed by atoms with Crippen LogP contribution in [0.15, 0.2) is 0 Å². The van der Waals surface area contributed by atoms with Gasteiger partial charge in [0, 0.05) is 13.8 Å². The maximum Gasteiger partial charge on any atom is 0.323 e. The first-order valence-corrected chi connectivity index (χ1v) is 8.23. The van der Waals surface area contributed by atoms with Crippen molar-refractivity contribution in [2.75, 3.05) is 20.1 Å². The quantitative estimate of drug-likeness (QED) is 0.560. The van der Waals surface area contributed by atoms with Crippen LogP contribution in [0.5, 0.6) is 0 Å². The molecule has 0 bridgehead atoms. The third kappa shape index (κ3) is 5.19. The van der Waals surface area contributed by atoms with E-state index in [-0.39, 0.29) is 18.4 Å². The first kappa shape index (κ1) is 14.7. The van der Waals surface area contributed by atoms with Crippen LogP contribution in [0.4, 0.5) is 0 Å². The first-order chi connectivity index (χ1) is 7.85. The molecule has 0 radical (unpaired) electrons. The van der Waals surface area contributed by atoms with Crippen LogP contribution < -0.4 is 5.09 Å². The number of methoxy groups -OCH3 is 1. The largest absolute Gasteiger partial charge is 0.461 e. The summed E-state index contributed by atoms with van der Waals surface area (Å²) in [6.45, 7) is 5.13. The third-order valence-electron chi connectivity index (χ3n) is 2.78. The minimum Gasteiger partial charge on any atom is -0.461 e. The second-order valence-corrected chi connectivity index (χ2v) is 7.57. The van der Waals surface area contributed by atoms with Crippen LogP contribution in [0, 0.1) is 5.92 Å². The van der Waals surface area contributed by atoms with Crippen molar-refractivity contribution < 1.29 is 18.8 Å². The molecule has 0 saturated heterocycles. The molecule has 1 aliphatic rings. The lowest BCUT2D eigenvalue weighted by atomic mass is 10.2. The van der Waals surface area contributed by atoms with Gasteiger partial charge in [-0.3, -0.25) is 9.88 Å². The first-order valence-electron chi connectivity index (χ1n) is 5.89. The summed E-state index contributed by atoms with van der Waals surface area (Å²) >= 11 is 0. The highest BCUT2D eigenvalue weighted by molar-refractivity contribution is 7.60. The molecule has 0 heterocycles. The summed E-state index contributed by atoms with van der Waals surface area (Å²) in [5.41, 5.74) is 0. The minimum absolute atomic E-state index is 0.0367. The van der Waals surface area contributed by atoms with Crippen LogP contribution in [0.25, 0.3) is 0 Å². The van der Waals surface area contributed by atoms with E-state index < -0.39 is 13.3 Å². The molecular formula is C11H22NO4P. The number of carbonyl (C=O) groups excluding carboxylic acids is 1. The zero-order valence-corrected chi connectivity index (χ0v) is 11.8. The van der Waals surface area contributed by atoms with Crippen molar-refractivity contribution in [1.29, 1.82) is 0 Å². The molecule has 0 aliphatic heterocycles. The van der Waals surface area contributed by atoms with E-state index in [1.165, 1.54) is 7.11 Å². The van der Waals surface area contributed by atoms with Crippen molar-refractivity contribution >= 4 is 13.3 Å². The minimum atomic E-state index is -2.63. The summed E-state index contributed by atoms with van der Waals surface area (Å²) in [6, 6.07) is -0.567. The highest BCUT2D eigenvalue weighted by atomic mass is 31.2. The number of carbonyl (C=O) groups is 1. The molecule has 1 rings (SSSR count). The summed E-state index contributed by atoms with van der Waals surface area (Å²) in [6.07, 6.45) is 2.34. The normalized spacial score (nSPS) is 22.6. The number of hydrogen-bond acceptors (Lipinski definition) is 4. The van der Waals surface area contributed by atoms with E-state index in [2.05, 4.69) is 5.09 Å². The van der Waals surface area contributed by atoms with Crippen LogP contribution in [0.1, 0.15) is 26.7 Å². The third-order valence-corrected chi connectivity index (χ3v) is 4.47. The van der Waals surface area contributed by atoms with Gasteiger partial charge in [0.2, 0.25) is 0 Å². The Morgan fingerprint density at radius 2 is 2.06 bits per heavy atom. The van der Waals surface area contributed by atoms with Crippen molar-refractivity contribution in [2.24, 2.45) is 5.92 Å². The predicted octanol–water partition coefficient (Wildman–Crippen LogP) is 1.82. The van der Waals surface area contributed by atoms with Crippen LogP contribution in [0.2, 0.25) is 0 Å². The SMILES string of the molecule is COCP(C)(=O)NC(C)C(=O)OC(C)C1CC1. The Kier molecular flexibility index (Phi) is 5.17. The van der Waals surface area contributed by atoms with Gasteiger partial charge in [0.1, 0.15) is 18.5 Å². The average Bonchev–Trinajstić information content (AvgIpc) is 2.99. The fraction of sp³-hybridized carbons (Fsp3) is 0.909. The van der Waals surface area contributed by atoms with Gasteiger partial charge in [-0.1, -0.05) is 0 Å². The van der Waals surface area contributed by atoms with Gasteiger partial charge < -0.3 is 14.0 Å². The Bertz CT molecular complexity index is 317. The second-order valence-electron chi connectivity index (χ2n) is 4.85. The van der Waals surface area contributed by atoms with Crippen molar-refractivity contribution in [2.45, 2.75) is 38.8 Å². The lowest BCUT2D eigenvalue weighted by molar-refractivity contribution is -0.150. The van der Waals surface area contributed by atoms with Crippen molar-refractivity contribution in [1.82, 2.24) is 5.09 Å². The van der Waals surface area contributed by atoms with E-state index >= 15 is 0 Å². The van der Waals surface area contributed by atoms with Crippen LogP contribution in [-0.2, 0) is 18.8 Å². The summed E-state index contributed by atoms with van der Waals surface area (Å²) in [5, 5.41) is 2.78. The number of rotatable bonds is 7. The van der Waals surface area contributed by atoms with E-state index in [0.717, 1.165) is 12.8 Å². The number of ether oxygens (including phenoxy) is 2. The maximum absolute atomic E-state index is 11.9. The molecule has 0 aromatic carbocycles. The van der Waals surface area contributed by atoms with E-state index in [0.29, 0.717) is 5.92 Å². The topological polar surface area (TPSA) is 64.6 Å². The van der Waals surface area contributed by atoms with Crippen molar-refractivity contribution in [3.8, 4) is 0 Å². The molecule has 100 valence electrons. The van der Waals surface area contributed by atoms with E-state index in [4.69, 9.17) is 9.47 Å². The highest BCUT2D eigenvalue weighted by Gasteiger charge is 2.32. The molecule has 0 aromatic heterocycles. The number of hydrogen-bond donors (Lipinski definition) is 1. The Labute approximate surface area is 103 Å². The lowest BCUT2D eigenvalue weighted by Gasteiger charge is -2.21. The standard InChI is InChI=1S/C11H22NO4P/c1-8(12-17(4,14)7-15-3)11(13)16-9(2)10-5-6-10/h8-10H,5-7H2,1-4H3,(H,12,14). The highest BCUT2D eigenvalue weighted by Crippen LogP contribution is 2.37. The predicted molar refractivity (Wildman–Crippen MR) is 66.3 cm³/mol. The molecule has 0 amide bonds. The molecule has 1 aliphatic carbocycles. The average molecular weight is 263 g/mol. The van der Waals surface area contributed by atoms with Gasteiger partial charge in [-0.15, -0.1) is 0 Å². The fourth-order valence-electron chi connectivity index (χ4n) is 1.69. The zero-order valence-electron chi connectivity index (χ0n) is 10.9. The van der Waals surface area contributed by atoms with Crippen LogP contribution in [-0.4, -0.2) is 38.2 Å². The van der Waals surface area contributed by atoms with Gasteiger partial charge in [0.25, 0.3) is 0 Å². The summed E-state index contributed by atoms with van der Waals surface area (Å²) < 4.78 is 22.1. The Morgan fingerprint density at radius 1 is 1.47 bits per heavy atom. The lowest BCUT2D eigenvalue weighted by Crippen LogP contribution is -2.36. The molecule has 1 saturated carbocycles. The van der Waals surface area contributed by atoms with Crippen LogP contribution in [0.3, 0.4) is 0 Å². The van der Waals surface area contributed by atoms with Gasteiger partial charge in [0.15, 0.2) is 7.29 Å². The van der Waals surface area contributed by atoms with Crippen molar-refractivity contribution in [3.05, 3.63) is 0 Å². The van der Waals surface area contributed by atoms with Crippen molar-refractivity contribution in [3.63, 3.8) is 0 Å². The Morgan fingerprint density at radius 3 is 2.53 bits per heavy atom. The van der Waals surface area contributed by atoms with Gasteiger partial charge in [0.05, 0.1) is 0 Å². The van der Waals surface area contributed by atoms with Gasteiger partial charge >= 0.3 is 5.97 Å². The van der Waals surface area contributed by atoms with E-state index in [1.54, 1.807) is 13.6 Å². The molecule has 0 aromatic rings. The molecule has 3 atom stereocenters. The molecular weight excluding hydrogens is 241 g/mol. The second kappa shape index (κ2) is 5.98. The fourth-order valence-corrected chi connectivity index (χ4v) is 3.19. The number of esters is 1. The van der Waals surface area contributed by atoms with Gasteiger partial charge in [-0.2, -0.15) is 0 Å². The molecule has 17 heavy (non-hydrogen) atoms. The molecule has 5 nitrogen and oxygen atoms in total. The summed E-state index contributed by atoms with van der Waals surface area (Å²) in [5.74, 6) is 0.168.